The van der Waals surface area contributed by atoms with Crippen LogP contribution in [0.4, 0.5) is 0 Å². The summed E-state index contributed by atoms with van der Waals surface area (Å²) < 4.78 is 48.5. The highest BCUT2D eigenvalue weighted by molar-refractivity contribution is 6.93. The van der Waals surface area contributed by atoms with Crippen LogP contribution in [0.2, 0.25) is 101 Å². The van der Waals surface area contributed by atoms with Gasteiger partial charge in [0.15, 0.2) is 16.6 Å². The fraction of sp³-hybridized carbons (Fsp3) is 0.398. The molecule has 10 aromatic carbocycles. The van der Waals surface area contributed by atoms with E-state index in [0.29, 0.717) is 39.9 Å². The first kappa shape index (κ1) is 101. The number of nitriles is 5. The largest absolute Gasteiger partial charge is 0.436 e. The van der Waals surface area contributed by atoms with E-state index in [0.717, 1.165) is 246 Å². The normalized spacial score (nSPS) is 14.0. The van der Waals surface area contributed by atoms with Crippen molar-refractivity contribution in [3.63, 3.8) is 0 Å². The highest BCUT2D eigenvalue weighted by atomic mass is 28.5. The predicted octanol–water partition coefficient (Wildman–Crippen LogP) is 28.5. The van der Waals surface area contributed by atoms with Crippen LogP contribution < -0.4 is 0 Å². The van der Waals surface area contributed by atoms with Crippen LogP contribution in [0.5, 0.6) is 0 Å². The molecule has 10 rings (SSSR count). The Labute approximate surface area is 774 Å². The van der Waals surface area contributed by atoms with E-state index >= 15 is 0 Å². The van der Waals surface area contributed by atoms with E-state index in [-0.39, 0.29) is 13.2 Å². The summed E-state index contributed by atoms with van der Waals surface area (Å²) >= 11 is 0. The number of rotatable bonds is 56. The quantitative estimate of drug-likeness (QED) is 0.0268. The van der Waals surface area contributed by atoms with E-state index in [1.807, 2.05) is 121 Å². The summed E-state index contributed by atoms with van der Waals surface area (Å²) in [6, 6.07) is 99.8. The van der Waals surface area contributed by atoms with Crippen LogP contribution in [0.25, 0.3) is 55.6 Å². The summed E-state index contributed by atoms with van der Waals surface area (Å²) in [5.74, 6) is 0. The van der Waals surface area contributed by atoms with Crippen LogP contribution in [-0.4, -0.2) is 82.9 Å². The first-order chi connectivity index (χ1) is 61.7. The molecule has 20 heteroatoms. The second-order valence-electron chi connectivity index (χ2n) is 37.2. The lowest BCUT2D eigenvalue weighted by Crippen LogP contribution is -2.64. The molecule has 0 saturated carbocycles. The molecule has 0 bridgehead atoms. The van der Waals surface area contributed by atoms with E-state index in [9.17, 15) is 36.5 Å². The first-order valence-electron chi connectivity index (χ1n) is 47.2. The molecule has 2 N–H and O–H groups in total. The number of benzene rings is 10. The maximum absolute atomic E-state index is 10.7. The number of nitrogens with zero attached hydrogens (tertiary/aromatic N) is 5. The fourth-order valence-corrected chi connectivity index (χ4v) is 55.0. The molecule has 0 spiro atoms. The summed E-state index contributed by atoms with van der Waals surface area (Å²) in [5.41, 5.74) is 21.0. The fourth-order valence-electron chi connectivity index (χ4n) is 17.9. The average Bonchev–Trinajstić information content (AvgIpc) is 0.778. The van der Waals surface area contributed by atoms with Gasteiger partial charge in [-0.15, -0.1) is 0 Å². The lowest BCUT2D eigenvalue weighted by molar-refractivity contribution is 0.250. The molecule has 0 aliphatic carbocycles. The summed E-state index contributed by atoms with van der Waals surface area (Å²) in [4.78, 5) is 0. The van der Waals surface area contributed by atoms with Crippen LogP contribution in [0.15, 0.2) is 243 Å². The third-order valence-electron chi connectivity index (χ3n) is 24.9. The highest BCUT2D eigenvalue weighted by Gasteiger charge is 2.54. The molecule has 0 radical (unpaired) electrons. The molecule has 0 aliphatic rings. The van der Waals surface area contributed by atoms with Crippen molar-refractivity contribution in [2.75, 3.05) is 13.2 Å². The number of unbranched alkanes of at least 4 members (excludes halogenated alkanes) is 15. The van der Waals surface area contributed by atoms with Gasteiger partial charge in [-0.25, -0.2) is 0 Å². The number of aliphatic hydroxyl groups is 2. The van der Waals surface area contributed by atoms with E-state index in [2.05, 4.69) is 211 Å². The summed E-state index contributed by atoms with van der Waals surface area (Å²) in [7, 11) is -21.3. The number of aliphatic hydroxyl groups excluding tert-OH is 2. The molecule has 0 fully saturated rings. The molecule has 4 atom stereocenters. The molecule has 10 aromatic rings. The van der Waals surface area contributed by atoms with Crippen LogP contribution in [0.3, 0.4) is 0 Å². The first-order valence-corrected chi connectivity index (χ1v) is 66.0. The van der Waals surface area contributed by atoms with Gasteiger partial charge < -0.3 is 34.9 Å². The Morgan fingerprint density at radius 3 is 0.477 bits per heavy atom. The third kappa shape index (κ3) is 34.0. The second kappa shape index (κ2) is 50.9. The van der Waals surface area contributed by atoms with Gasteiger partial charge in [0.25, 0.3) is 0 Å². The van der Waals surface area contributed by atoms with Crippen molar-refractivity contribution in [1.82, 2.24) is 0 Å². The van der Waals surface area contributed by atoms with Crippen LogP contribution in [0.1, 0.15) is 184 Å². The van der Waals surface area contributed by atoms with E-state index in [1.54, 1.807) is 0 Å². The molecule has 0 heterocycles. The lowest BCUT2D eigenvalue weighted by Gasteiger charge is -2.48. The maximum atomic E-state index is 10.7. The van der Waals surface area contributed by atoms with E-state index in [1.165, 1.54) is 27.8 Å². The highest BCUT2D eigenvalue weighted by Crippen LogP contribution is 2.40. The Morgan fingerprint density at radius 2 is 0.328 bits per heavy atom. The molecule has 0 aromatic heterocycles. The zero-order valence-electron chi connectivity index (χ0n) is 77.7. The van der Waals surface area contributed by atoms with Crippen molar-refractivity contribution in [3.05, 3.63) is 298 Å². The Bertz CT molecular complexity index is 4960. The van der Waals surface area contributed by atoms with E-state index in [4.69, 9.17) is 24.7 Å². The lowest BCUT2D eigenvalue weighted by atomic mass is 10.0. The van der Waals surface area contributed by atoms with Gasteiger partial charge in [0.1, 0.15) is 0 Å². The zero-order chi connectivity index (χ0) is 91.2. The van der Waals surface area contributed by atoms with Gasteiger partial charge in [-0.1, -0.05) is 278 Å². The maximum Gasteiger partial charge on any atom is 0.317 e. The van der Waals surface area contributed by atoms with Gasteiger partial charge in [0, 0.05) is 13.2 Å². The molecular weight excluding hydrogens is 1690 g/mol. The Kier molecular flexibility index (Phi) is 40.1. The van der Waals surface area contributed by atoms with Crippen molar-refractivity contribution >= 4 is 59.4 Å². The van der Waals surface area contributed by atoms with Crippen LogP contribution in [-0.2, 0) is 56.8 Å². The molecule has 0 saturated heterocycles. The van der Waals surface area contributed by atoms with Gasteiger partial charge in [0.2, 0.25) is 0 Å². The minimum Gasteiger partial charge on any atom is -0.436 e. The summed E-state index contributed by atoms with van der Waals surface area (Å²) in [6.07, 6.45) is 25.2. The van der Waals surface area contributed by atoms with Gasteiger partial charge in [-0.3, -0.25) is 0 Å². The smallest absolute Gasteiger partial charge is 0.317 e. The molecule has 0 amide bonds. The minimum absolute atomic E-state index is 0.0544. The van der Waals surface area contributed by atoms with Gasteiger partial charge in [-0.2, -0.15) is 26.3 Å². The molecule has 0 aliphatic heterocycles. The van der Waals surface area contributed by atoms with Gasteiger partial charge in [-0.05, 0) is 310 Å². The van der Waals surface area contributed by atoms with Crippen molar-refractivity contribution in [2.24, 2.45) is 0 Å². The van der Waals surface area contributed by atoms with Crippen LogP contribution >= 0.6 is 0 Å². The van der Waals surface area contributed by atoms with Crippen molar-refractivity contribution in [3.8, 4) is 86.0 Å². The van der Waals surface area contributed by atoms with Gasteiger partial charge in [0.05, 0.1) is 58.2 Å². The minimum atomic E-state index is -3.38. The average molecular weight is 1830 g/mol. The summed E-state index contributed by atoms with van der Waals surface area (Å²) in [5, 5.41) is 68.7. The van der Waals surface area contributed by atoms with Crippen molar-refractivity contribution < 1.29 is 34.9 Å². The third-order valence-corrected chi connectivity index (χ3v) is 55.7. The van der Waals surface area contributed by atoms with Crippen LogP contribution in [0, 0.1) is 56.7 Å². The van der Waals surface area contributed by atoms with Gasteiger partial charge >= 0.3 is 42.8 Å². The Balaban J connectivity index is 0.929. The zero-order valence-corrected chi connectivity index (χ0v) is 84.7. The number of aryl methyl sites for hydroxylation is 5. The summed E-state index contributed by atoms with van der Waals surface area (Å²) in [6.45, 7) is 20.8. The predicted molar refractivity (Wildman–Crippen MR) is 541 cm³/mol. The molecular formula is C108H137N5O8Si7. The molecule has 670 valence electrons. The number of hydrogen-bond acceptors (Lipinski definition) is 13. The standard InChI is InChI=1S/C108H137N5O8Si7/c1-122(2,82-75-114)116-124(5,77-25-15-10-20-30-89-35-55-99(56-36-89)104-65-45-94(84-109)46-66-104)118-126(7,79-27-17-12-22-32-91-39-59-101(60-40-91)106-69-49-96(86-111)50-70-106)120-128(9,81-29-19-14-24-34-93-43-63-103(64-44-93)108-73-53-98(88-113)54-74-108)121-127(8,80-28-18-13-23-33-92-41-61-102(62-42-92)107-71-51-97(87-112)52-72-107)119-125(6,117-123(3,4)83-76-115)78-26-16-11-21-31-90-37-57-100(58-38-90)105-67-47-95(85-110)48-68-105/h35-74,114-115H,10-34,75-83H2,1-9H3. The second-order valence-corrected chi connectivity index (χ2v) is 64.0. The molecule has 13 nitrogen and oxygen atoms in total. The molecule has 4 unspecified atom stereocenters. The monoisotopic (exact) mass is 1830 g/mol. The van der Waals surface area contributed by atoms with Crippen molar-refractivity contribution in [2.45, 2.75) is 262 Å². The number of hydrogen-bond donors (Lipinski definition) is 2. The van der Waals surface area contributed by atoms with Crippen molar-refractivity contribution in [1.29, 1.82) is 26.3 Å². The van der Waals surface area contributed by atoms with E-state index < -0.39 is 59.4 Å². The topological polar surface area (TPSA) is 215 Å². The Morgan fingerprint density at radius 1 is 0.188 bits per heavy atom. The molecule has 128 heavy (non-hydrogen) atoms. The Hall–Kier alpha value is -9.15. The SMILES string of the molecule is C[Si](C)(CCO)O[Si](C)(CCCCCCc1ccc(-c2ccc(C#N)cc2)cc1)O[Si](C)(CCCCCCc1ccc(-c2ccc(C#N)cc2)cc1)O[Si](C)(CCCCCCc1ccc(-c2ccc(C#N)cc2)cc1)O[Si](C)(CCCCCCc1ccc(-c2ccc(C#N)cc2)cc1)O[Si](C)(CCCCCCc1ccc(-c2ccc(C#N)cc2)cc1)O[Si](C)(C)CCO.